The van der Waals surface area contributed by atoms with Crippen LogP contribution in [0, 0.1) is 11.3 Å². The molecule has 6 heteroatoms. The summed E-state index contributed by atoms with van der Waals surface area (Å²) >= 11 is 5.94. The van der Waals surface area contributed by atoms with Crippen LogP contribution in [0.1, 0.15) is 23.7 Å². The van der Waals surface area contributed by atoms with Crippen molar-refractivity contribution in [1.29, 1.82) is 5.26 Å². The predicted molar refractivity (Wildman–Crippen MR) is 101 cm³/mol. The summed E-state index contributed by atoms with van der Waals surface area (Å²) in [7, 11) is 0. The molecule has 1 heterocycles. The number of nitrogens with one attached hydrogen (secondary N) is 1. The maximum atomic E-state index is 12.2. The maximum Gasteiger partial charge on any atom is 0.225 e. The molecule has 5 nitrogen and oxygen atoms in total. The van der Waals surface area contributed by atoms with Crippen molar-refractivity contribution in [3.8, 4) is 6.07 Å². The smallest absolute Gasteiger partial charge is 0.225 e. The number of carbonyl (C=O) groups excluding carboxylic acids is 1. The van der Waals surface area contributed by atoms with Crippen LogP contribution in [0.15, 0.2) is 48.5 Å². The number of ether oxygens (including phenoxy) is 1. The van der Waals surface area contributed by atoms with Crippen molar-refractivity contribution in [2.24, 2.45) is 0 Å². The van der Waals surface area contributed by atoms with Gasteiger partial charge in [-0.2, -0.15) is 5.26 Å². The van der Waals surface area contributed by atoms with Crippen molar-refractivity contribution in [2.75, 3.05) is 31.6 Å². The van der Waals surface area contributed by atoms with Crippen LogP contribution in [-0.4, -0.2) is 37.0 Å². The highest BCUT2D eigenvalue weighted by atomic mass is 35.5. The van der Waals surface area contributed by atoms with E-state index < -0.39 is 0 Å². The lowest BCUT2D eigenvalue weighted by Gasteiger charge is -2.33. The van der Waals surface area contributed by atoms with E-state index in [4.69, 9.17) is 21.6 Å². The van der Waals surface area contributed by atoms with Gasteiger partial charge < -0.3 is 10.1 Å². The third-order valence-electron chi connectivity index (χ3n) is 4.32. The van der Waals surface area contributed by atoms with E-state index >= 15 is 0 Å². The average molecular weight is 370 g/mol. The van der Waals surface area contributed by atoms with E-state index in [0.29, 0.717) is 35.8 Å². The summed E-state index contributed by atoms with van der Waals surface area (Å²) < 4.78 is 5.85. The SMILES string of the molecule is N#Cc1cccc(NC(=O)CCN2CCOC(c3ccc(Cl)cc3)C2)c1. The second kappa shape index (κ2) is 8.81. The van der Waals surface area contributed by atoms with Gasteiger partial charge in [0, 0.05) is 36.8 Å². The molecule has 0 bridgehead atoms. The molecule has 2 aromatic carbocycles. The Bertz CT molecular complexity index is 801. The number of morpholine rings is 1. The second-order valence-corrected chi connectivity index (χ2v) is 6.64. The summed E-state index contributed by atoms with van der Waals surface area (Å²) in [5.74, 6) is -0.0605. The Morgan fingerprint density at radius 1 is 1.31 bits per heavy atom. The molecule has 2 aromatic rings. The minimum Gasteiger partial charge on any atom is -0.371 e. The lowest BCUT2D eigenvalue weighted by Crippen LogP contribution is -2.39. The van der Waals surface area contributed by atoms with E-state index in [1.165, 1.54) is 0 Å². The quantitative estimate of drug-likeness (QED) is 0.874. The molecule has 1 unspecified atom stereocenters. The number of hydrogen-bond acceptors (Lipinski definition) is 4. The summed E-state index contributed by atoms with van der Waals surface area (Å²) in [5.41, 5.74) is 2.27. The van der Waals surface area contributed by atoms with E-state index in [0.717, 1.165) is 18.7 Å². The van der Waals surface area contributed by atoms with Gasteiger partial charge in [0.05, 0.1) is 24.3 Å². The summed E-state index contributed by atoms with van der Waals surface area (Å²) in [6, 6.07) is 16.7. The van der Waals surface area contributed by atoms with Crippen LogP contribution in [0.25, 0.3) is 0 Å². The van der Waals surface area contributed by atoms with E-state index in [-0.39, 0.29) is 12.0 Å². The van der Waals surface area contributed by atoms with Crippen molar-refractivity contribution in [2.45, 2.75) is 12.5 Å². The van der Waals surface area contributed by atoms with E-state index in [9.17, 15) is 4.79 Å². The van der Waals surface area contributed by atoms with Gasteiger partial charge >= 0.3 is 0 Å². The summed E-state index contributed by atoms with van der Waals surface area (Å²) in [4.78, 5) is 14.4. The normalized spacial score (nSPS) is 17.5. The van der Waals surface area contributed by atoms with Gasteiger partial charge in [0.1, 0.15) is 0 Å². The van der Waals surface area contributed by atoms with Gasteiger partial charge in [0.25, 0.3) is 0 Å². The third kappa shape index (κ3) is 5.06. The fraction of sp³-hybridized carbons (Fsp3) is 0.300. The van der Waals surface area contributed by atoms with Crippen molar-refractivity contribution in [1.82, 2.24) is 4.90 Å². The van der Waals surface area contributed by atoms with Gasteiger partial charge in [0.2, 0.25) is 5.91 Å². The molecule has 1 atom stereocenters. The monoisotopic (exact) mass is 369 g/mol. The third-order valence-corrected chi connectivity index (χ3v) is 4.57. The maximum absolute atomic E-state index is 12.2. The van der Waals surface area contributed by atoms with Gasteiger partial charge in [0.15, 0.2) is 0 Å². The lowest BCUT2D eigenvalue weighted by molar-refractivity contribution is -0.117. The summed E-state index contributed by atoms with van der Waals surface area (Å²) in [6.07, 6.45) is 0.390. The lowest BCUT2D eigenvalue weighted by atomic mass is 10.1. The Labute approximate surface area is 158 Å². The first kappa shape index (κ1) is 18.4. The van der Waals surface area contributed by atoms with Crippen LogP contribution in [0.5, 0.6) is 0 Å². The van der Waals surface area contributed by atoms with E-state index in [1.54, 1.807) is 24.3 Å². The zero-order valence-electron chi connectivity index (χ0n) is 14.3. The molecule has 3 rings (SSSR count). The highest BCUT2D eigenvalue weighted by molar-refractivity contribution is 6.30. The zero-order chi connectivity index (χ0) is 18.4. The van der Waals surface area contributed by atoms with Crippen LogP contribution in [0.4, 0.5) is 5.69 Å². The minimum absolute atomic E-state index is 0.00334. The number of nitriles is 1. The van der Waals surface area contributed by atoms with Crippen molar-refractivity contribution in [3.63, 3.8) is 0 Å². The number of hydrogen-bond donors (Lipinski definition) is 1. The number of nitrogens with zero attached hydrogens (tertiary/aromatic N) is 2. The Balaban J connectivity index is 1.50. The molecule has 0 spiro atoms. The number of benzene rings is 2. The molecule has 0 saturated carbocycles. The number of rotatable bonds is 5. The topological polar surface area (TPSA) is 65.4 Å². The fourth-order valence-electron chi connectivity index (χ4n) is 2.93. The molecule has 1 aliphatic heterocycles. The summed E-state index contributed by atoms with van der Waals surface area (Å²) in [6.45, 7) is 2.86. The molecule has 1 amide bonds. The molecule has 1 fully saturated rings. The van der Waals surface area contributed by atoms with E-state index in [2.05, 4.69) is 16.3 Å². The highest BCUT2D eigenvalue weighted by Gasteiger charge is 2.22. The number of carbonyl (C=O) groups is 1. The van der Waals surface area contributed by atoms with Crippen molar-refractivity contribution < 1.29 is 9.53 Å². The molecule has 26 heavy (non-hydrogen) atoms. The molecule has 0 aliphatic carbocycles. The Morgan fingerprint density at radius 3 is 2.88 bits per heavy atom. The molecule has 0 radical (unpaired) electrons. The standard InChI is InChI=1S/C20H20ClN3O2/c21-17-6-4-16(5-7-17)19-14-24(10-11-26-19)9-8-20(25)23-18-3-1-2-15(12-18)13-22/h1-7,12,19H,8-11,14H2,(H,23,25). The molecule has 1 aliphatic rings. The molecule has 1 saturated heterocycles. The Hall–Kier alpha value is -2.39. The van der Waals surface area contributed by atoms with Crippen molar-refractivity contribution >= 4 is 23.2 Å². The Morgan fingerprint density at radius 2 is 2.12 bits per heavy atom. The molecule has 0 aromatic heterocycles. The first-order chi connectivity index (χ1) is 12.6. The van der Waals surface area contributed by atoms with E-state index in [1.807, 2.05) is 24.3 Å². The fourth-order valence-corrected chi connectivity index (χ4v) is 3.06. The van der Waals surface area contributed by atoms with Gasteiger partial charge in [-0.1, -0.05) is 29.8 Å². The van der Waals surface area contributed by atoms with Crippen LogP contribution in [-0.2, 0) is 9.53 Å². The summed E-state index contributed by atoms with van der Waals surface area (Å²) in [5, 5.41) is 12.5. The van der Waals surface area contributed by atoms with Crippen LogP contribution < -0.4 is 5.32 Å². The molecular weight excluding hydrogens is 350 g/mol. The van der Waals surface area contributed by atoms with Crippen LogP contribution in [0.2, 0.25) is 5.02 Å². The Kier molecular flexibility index (Phi) is 6.24. The first-order valence-corrected chi connectivity index (χ1v) is 8.91. The molecule has 1 N–H and O–H groups in total. The number of amides is 1. The van der Waals surface area contributed by atoms with Gasteiger partial charge in [-0.25, -0.2) is 0 Å². The highest BCUT2D eigenvalue weighted by Crippen LogP contribution is 2.23. The molecule has 134 valence electrons. The first-order valence-electron chi connectivity index (χ1n) is 8.53. The second-order valence-electron chi connectivity index (χ2n) is 6.20. The minimum atomic E-state index is -0.0605. The van der Waals surface area contributed by atoms with Crippen LogP contribution >= 0.6 is 11.6 Å². The predicted octanol–water partition coefficient (Wildman–Crippen LogP) is 3.61. The largest absolute Gasteiger partial charge is 0.371 e. The number of halogens is 1. The number of anilines is 1. The van der Waals surface area contributed by atoms with Gasteiger partial charge in [-0.05, 0) is 35.9 Å². The zero-order valence-corrected chi connectivity index (χ0v) is 15.1. The van der Waals surface area contributed by atoms with Gasteiger partial charge in [-0.15, -0.1) is 0 Å². The van der Waals surface area contributed by atoms with Gasteiger partial charge in [-0.3, -0.25) is 9.69 Å². The van der Waals surface area contributed by atoms with Crippen LogP contribution in [0.3, 0.4) is 0 Å². The molecular formula is C20H20ClN3O2. The van der Waals surface area contributed by atoms with Crippen molar-refractivity contribution in [3.05, 3.63) is 64.7 Å². The average Bonchev–Trinajstić information content (AvgIpc) is 2.67.